The molecule has 2 atom stereocenters. The number of carbonyl (C=O) groups excluding carboxylic acids is 1. The van der Waals surface area contributed by atoms with Crippen molar-refractivity contribution in [2.75, 3.05) is 25.5 Å². The number of hydrogen-bond donors (Lipinski definition) is 1. The minimum absolute atomic E-state index is 0.00636. The third-order valence-electron chi connectivity index (χ3n) is 7.64. The Morgan fingerprint density at radius 3 is 2.50 bits per heavy atom. The Labute approximate surface area is 220 Å². The number of aromatic nitrogens is 6. The minimum Gasteiger partial charge on any atom is -0.335 e. The van der Waals surface area contributed by atoms with E-state index in [1.54, 1.807) is 24.5 Å². The predicted molar refractivity (Wildman–Crippen MR) is 142 cm³/mol. The first-order chi connectivity index (χ1) is 18.3. The number of anilines is 2. The molecule has 1 N–H and O–H groups in total. The fraction of sp³-hybridized carbons (Fsp3) is 0.407. The third kappa shape index (κ3) is 4.26. The lowest BCUT2D eigenvalue weighted by molar-refractivity contribution is 0.0523. The summed E-state index contributed by atoms with van der Waals surface area (Å²) in [5.74, 6) is 0.933. The van der Waals surface area contributed by atoms with Crippen LogP contribution in [-0.4, -0.2) is 77.4 Å². The molecule has 38 heavy (non-hydrogen) atoms. The normalized spacial score (nSPS) is 19.5. The second-order valence-corrected chi connectivity index (χ2v) is 10.4. The lowest BCUT2D eigenvalue weighted by Crippen LogP contribution is -2.53. The maximum Gasteiger partial charge on any atom is 0.255 e. The largest absolute Gasteiger partial charge is 0.335 e. The van der Waals surface area contributed by atoms with Gasteiger partial charge in [-0.1, -0.05) is 0 Å². The van der Waals surface area contributed by atoms with E-state index in [2.05, 4.69) is 60.6 Å². The summed E-state index contributed by atoms with van der Waals surface area (Å²) in [5.41, 5.74) is 2.62. The van der Waals surface area contributed by atoms with E-state index in [4.69, 9.17) is 0 Å². The van der Waals surface area contributed by atoms with Gasteiger partial charge in [-0.3, -0.25) is 9.69 Å². The summed E-state index contributed by atoms with van der Waals surface area (Å²) >= 11 is 0. The van der Waals surface area contributed by atoms with Crippen molar-refractivity contribution in [3.8, 4) is 11.3 Å². The van der Waals surface area contributed by atoms with E-state index in [0.29, 0.717) is 34.7 Å². The summed E-state index contributed by atoms with van der Waals surface area (Å²) in [4.78, 5) is 39.2. The maximum absolute atomic E-state index is 14.8. The number of piperazine rings is 1. The molecule has 1 amide bonds. The molecule has 2 saturated heterocycles. The van der Waals surface area contributed by atoms with Gasteiger partial charge in [-0.05, 0) is 58.9 Å². The summed E-state index contributed by atoms with van der Waals surface area (Å²) in [7, 11) is 2.14. The Hall–Kier alpha value is -3.99. The first-order valence-corrected chi connectivity index (χ1v) is 12.9. The van der Waals surface area contributed by atoms with Crippen LogP contribution < -0.4 is 5.32 Å². The van der Waals surface area contributed by atoms with E-state index in [1.807, 2.05) is 17.9 Å². The van der Waals surface area contributed by atoms with Crippen LogP contribution in [0.25, 0.3) is 22.4 Å². The lowest BCUT2D eigenvalue weighted by Gasteiger charge is -2.38. The van der Waals surface area contributed by atoms with Crippen molar-refractivity contribution in [2.45, 2.75) is 51.7 Å². The Bertz CT molecular complexity index is 1500. The number of imidazole rings is 1. The van der Waals surface area contributed by atoms with Gasteiger partial charge < -0.3 is 14.8 Å². The number of nitrogens with zero attached hydrogens (tertiary/aromatic N) is 8. The van der Waals surface area contributed by atoms with Crippen LogP contribution in [-0.2, 0) is 0 Å². The van der Waals surface area contributed by atoms with E-state index in [1.165, 1.54) is 0 Å². The molecule has 6 rings (SSSR count). The van der Waals surface area contributed by atoms with Crippen molar-refractivity contribution >= 4 is 28.8 Å². The number of halogens is 1. The van der Waals surface area contributed by atoms with Crippen LogP contribution in [0.2, 0.25) is 0 Å². The molecule has 2 bridgehead atoms. The van der Waals surface area contributed by atoms with E-state index < -0.39 is 5.82 Å². The zero-order valence-corrected chi connectivity index (χ0v) is 21.9. The van der Waals surface area contributed by atoms with Gasteiger partial charge in [0.25, 0.3) is 5.91 Å². The number of likely N-dealkylation sites (N-methyl/N-ethyl adjacent to an activating group) is 1. The molecule has 2 fully saturated rings. The molecule has 4 aromatic rings. The van der Waals surface area contributed by atoms with Crippen molar-refractivity contribution in [3.63, 3.8) is 0 Å². The second-order valence-electron chi connectivity index (χ2n) is 10.4. The van der Waals surface area contributed by atoms with Gasteiger partial charge in [0.2, 0.25) is 5.95 Å². The summed E-state index contributed by atoms with van der Waals surface area (Å²) in [6.07, 6.45) is 6.52. The second kappa shape index (κ2) is 9.39. The van der Waals surface area contributed by atoms with Crippen molar-refractivity contribution in [2.24, 2.45) is 0 Å². The summed E-state index contributed by atoms with van der Waals surface area (Å²) in [6, 6.07) is 6.35. The molecule has 196 valence electrons. The molecule has 0 aliphatic carbocycles. The van der Waals surface area contributed by atoms with Gasteiger partial charge >= 0.3 is 0 Å². The average Bonchev–Trinajstić information content (AvgIpc) is 3.32. The van der Waals surface area contributed by atoms with Crippen molar-refractivity contribution in [1.82, 2.24) is 39.3 Å². The van der Waals surface area contributed by atoms with Crippen LogP contribution >= 0.6 is 0 Å². The molecule has 0 saturated carbocycles. The smallest absolute Gasteiger partial charge is 0.255 e. The van der Waals surface area contributed by atoms with Gasteiger partial charge in [0.15, 0.2) is 11.5 Å². The van der Waals surface area contributed by atoms with Crippen LogP contribution in [0.3, 0.4) is 0 Å². The summed E-state index contributed by atoms with van der Waals surface area (Å²) in [6.45, 7) is 7.55. The number of rotatable bonds is 5. The number of carbonyl (C=O) groups is 1. The standard InChI is InChI=1S/C27H30FN9O/c1-15(2)37-16(3)32-25-22(37)9-18(11-30-25)24-21(28)12-31-27(34-24)33-23-8-5-17(10-29-23)26(38)36-13-19-6-7-20(14-36)35(19)4/h5,8-12,15,19-20H,6-7,13-14H2,1-4H3,(H,29,31,33,34). The highest BCUT2D eigenvalue weighted by Gasteiger charge is 2.39. The van der Waals surface area contributed by atoms with Crippen LogP contribution in [0.4, 0.5) is 16.2 Å². The number of fused-ring (bicyclic) bond motifs is 3. The minimum atomic E-state index is -0.556. The molecule has 0 aromatic carbocycles. The number of hydrogen-bond acceptors (Lipinski definition) is 8. The zero-order chi connectivity index (χ0) is 26.6. The van der Waals surface area contributed by atoms with E-state index >= 15 is 0 Å². The number of nitrogens with one attached hydrogen (secondary N) is 1. The molecular formula is C27H30FN9O. The van der Waals surface area contributed by atoms with Crippen LogP contribution in [0.1, 0.15) is 48.9 Å². The molecule has 0 radical (unpaired) electrons. The van der Waals surface area contributed by atoms with Crippen molar-refractivity contribution < 1.29 is 9.18 Å². The number of likely N-dealkylation sites (tertiary alicyclic amines) is 1. The highest BCUT2D eigenvalue weighted by molar-refractivity contribution is 5.94. The monoisotopic (exact) mass is 515 g/mol. The van der Waals surface area contributed by atoms with Gasteiger partial charge in [-0.2, -0.15) is 0 Å². The quantitative estimate of drug-likeness (QED) is 0.426. The van der Waals surface area contributed by atoms with Gasteiger partial charge in [0.05, 0.1) is 17.3 Å². The highest BCUT2D eigenvalue weighted by Crippen LogP contribution is 2.30. The SMILES string of the molecule is Cc1nc2ncc(-c3nc(Nc4ccc(C(=O)N5CC6CCC(C5)N6C)cn4)ncc3F)cc2n1C(C)C. The fourth-order valence-corrected chi connectivity index (χ4v) is 5.67. The number of pyridine rings is 2. The number of aryl methyl sites for hydroxylation is 1. The predicted octanol–water partition coefficient (Wildman–Crippen LogP) is 3.97. The van der Waals surface area contributed by atoms with Gasteiger partial charge in [-0.15, -0.1) is 0 Å². The Kier molecular flexibility index (Phi) is 6.02. The first kappa shape index (κ1) is 24.4. The number of amides is 1. The fourth-order valence-electron chi connectivity index (χ4n) is 5.67. The molecule has 6 heterocycles. The van der Waals surface area contributed by atoms with Crippen molar-refractivity contribution in [3.05, 3.63) is 54.0 Å². The first-order valence-electron chi connectivity index (χ1n) is 12.9. The Morgan fingerprint density at radius 2 is 1.82 bits per heavy atom. The van der Waals surface area contributed by atoms with Gasteiger partial charge in [0, 0.05) is 49.2 Å². The van der Waals surface area contributed by atoms with E-state index in [-0.39, 0.29) is 23.6 Å². The molecule has 10 nitrogen and oxygen atoms in total. The van der Waals surface area contributed by atoms with Gasteiger partial charge in [0.1, 0.15) is 17.3 Å². The van der Waals surface area contributed by atoms with Crippen LogP contribution in [0, 0.1) is 12.7 Å². The molecule has 0 spiro atoms. The third-order valence-corrected chi connectivity index (χ3v) is 7.64. The Balaban J connectivity index is 1.21. The summed E-state index contributed by atoms with van der Waals surface area (Å²) < 4.78 is 16.9. The topological polar surface area (TPSA) is 105 Å². The van der Waals surface area contributed by atoms with Crippen molar-refractivity contribution in [1.29, 1.82) is 0 Å². The molecular weight excluding hydrogens is 485 g/mol. The van der Waals surface area contributed by atoms with Crippen LogP contribution in [0.5, 0.6) is 0 Å². The molecule has 2 aliphatic rings. The van der Waals surface area contributed by atoms with E-state index in [9.17, 15) is 9.18 Å². The maximum atomic E-state index is 14.8. The Morgan fingerprint density at radius 1 is 1.05 bits per heavy atom. The lowest BCUT2D eigenvalue weighted by atomic mass is 10.1. The summed E-state index contributed by atoms with van der Waals surface area (Å²) in [5, 5.41) is 3.02. The van der Waals surface area contributed by atoms with Crippen LogP contribution in [0.15, 0.2) is 36.8 Å². The van der Waals surface area contributed by atoms with Gasteiger partial charge in [-0.25, -0.2) is 29.3 Å². The highest BCUT2D eigenvalue weighted by atomic mass is 19.1. The molecule has 2 aliphatic heterocycles. The van der Waals surface area contributed by atoms with E-state index in [0.717, 1.165) is 43.5 Å². The average molecular weight is 516 g/mol. The molecule has 2 unspecified atom stereocenters. The molecule has 4 aromatic heterocycles. The zero-order valence-electron chi connectivity index (χ0n) is 21.9. The molecule has 11 heteroatoms.